The first-order valence-electron chi connectivity index (χ1n) is 7.08. The zero-order valence-electron chi connectivity index (χ0n) is 12.5. The molecular weight excluding hydrogens is 328 g/mol. The van der Waals surface area contributed by atoms with Crippen LogP contribution in [0.25, 0.3) is 0 Å². The average molecular weight is 344 g/mol. The summed E-state index contributed by atoms with van der Waals surface area (Å²) in [6, 6.07) is 9.67. The monoisotopic (exact) mass is 344 g/mol. The molecule has 7 heteroatoms. The number of amides is 1. The van der Waals surface area contributed by atoms with Gasteiger partial charge < -0.3 is 9.88 Å². The first-order valence-corrected chi connectivity index (χ1v) is 8.94. The molecule has 1 amide bonds. The van der Waals surface area contributed by atoms with Crippen LogP contribution in [0.4, 0.5) is 0 Å². The van der Waals surface area contributed by atoms with Crippen LogP contribution < -0.4 is 5.32 Å². The van der Waals surface area contributed by atoms with Gasteiger partial charge in [-0.1, -0.05) is 42.1 Å². The van der Waals surface area contributed by atoms with Crippen molar-refractivity contribution in [3.63, 3.8) is 0 Å². The topological polar surface area (TPSA) is 59.8 Å². The molecule has 1 atom stereocenters. The van der Waals surface area contributed by atoms with Crippen molar-refractivity contribution in [1.82, 2.24) is 19.9 Å². The van der Waals surface area contributed by atoms with E-state index in [2.05, 4.69) is 15.3 Å². The summed E-state index contributed by atoms with van der Waals surface area (Å²) in [4.78, 5) is 20.9. The Morgan fingerprint density at radius 1 is 1.30 bits per heavy atom. The van der Waals surface area contributed by atoms with E-state index in [1.54, 1.807) is 12.4 Å². The number of thiazole rings is 1. The van der Waals surface area contributed by atoms with E-state index in [0.29, 0.717) is 5.75 Å². The molecule has 0 fully saturated rings. The summed E-state index contributed by atoms with van der Waals surface area (Å²) < 4.78 is 1.90. The summed E-state index contributed by atoms with van der Waals surface area (Å²) in [6.07, 6.45) is 5.34. The third-order valence-electron chi connectivity index (χ3n) is 3.25. The van der Waals surface area contributed by atoms with Crippen molar-refractivity contribution >= 4 is 29.0 Å². The number of aromatic nitrogens is 3. The molecule has 2 heterocycles. The van der Waals surface area contributed by atoms with E-state index in [9.17, 15) is 4.79 Å². The third-order valence-corrected chi connectivity index (χ3v) is 5.14. The van der Waals surface area contributed by atoms with Gasteiger partial charge >= 0.3 is 0 Å². The van der Waals surface area contributed by atoms with E-state index in [1.807, 2.05) is 53.5 Å². The summed E-state index contributed by atoms with van der Waals surface area (Å²) >= 11 is 2.96. The largest absolute Gasteiger partial charge is 0.342 e. The number of benzene rings is 1. The van der Waals surface area contributed by atoms with Crippen molar-refractivity contribution in [3.05, 3.63) is 64.9 Å². The number of hydrogen-bond donors (Lipinski definition) is 1. The number of carbonyl (C=O) groups is 1. The average Bonchev–Trinajstić information content (AvgIpc) is 3.23. The molecule has 2 aromatic heterocycles. The number of thioether (sulfide) groups is 1. The van der Waals surface area contributed by atoms with Crippen molar-refractivity contribution in [2.24, 2.45) is 7.05 Å². The summed E-state index contributed by atoms with van der Waals surface area (Å²) in [6.45, 7) is 0. The maximum atomic E-state index is 12.3. The van der Waals surface area contributed by atoms with E-state index < -0.39 is 0 Å². The smallest absolute Gasteiger partial charge is 0.231 e. The van der Waals surface area contributed by atoms with Gasteiger partial charge in [-0.15, -0.1) is 11.3 Å². The Kier molecular flexibility index (Phi) is 5.09. The Labute approximate surface area is 142 Å². The molecular formula is C16H16N4OS2. The van der Waals surface area contributed by atoms with Crippen LogP contribution in [0, 0.1) is 0 Å². The van der Waals surface area contributed by atoms with Gasteiger partial charge in [-0.05, 0) is 5.56 Å². The van der Waals surface area contributed by atoms with E-state index in [0.717, 1.165) is 15.7 Å². The van der Waals surface area contributed by atoms with Crippen LogP contribution in [-0.2, 0) is 11.8 Å². The second-order valence-electron chi connectivity index (χ2n) is 4.89. The fraction of sp³-hybridized carbons (Fsp3) is 0.188. The van der Waals surface area contributed by atoms with Gasteiger partial charge in [0.15, 0.2) is 5.16 Å². The molecule has 3 aromatic rings. The number of rotatable bonds is 6. The second-order valence-corrected chi connectivity index (χ2v) is 6.76. The Hall–Kier alpha value is -2.12. The molecule has 1 unspecified atom stereocenters. The summed E-state index contributed by atoms with van der Waals surface area (Å²) in [5, 5.41) is 6.69. The number of nitrogens with zero attached hydrogens (tertiary/aromatic N) is 3. The molecule has 0 radical (unpaired) electrons. The highest BCUT2D eigenvalue weighted by molar-refractivity contribution is 7.99. The minimum atomic E-state index is -0.217. The summed E-state index contributed by atoms with van der Waals surface area (Å²) in [7, 11) is 1.91. The lowest BCUT2D eigenvalue weighted by Gasteiger charge is -2.17. The van der Waals surface area contributed by atoms with Gasteiger partial charge in [-0.3, -0.25) is 4.79 Å². The SMILES string of the molecule is Cn1ccnc1SCC(=O)NC(c1ccccc1)c1nccs1. The van der Waals surface area contributed by atoms with Gasteiger partial charge in [-0.25, -0.2) is 9.97 Å². The van der Waals surface area contributed by atoms with Crippen molar-refractivity contribution < 1.29 is 4.79 Å². The van der Waals surface area contributed by atoms with E-state index in [-0.39, 0.29) is 11.9 Å². The lowest BCUT2D eigenvalue weighted by molar-refractivity contribution is -0.119. The maximum Gasteiger partial charge on any atom is 0.231 e. The fourth-order valence-electron chi connectivity index (χ4n) is 2.13. The zero-order valence-corrected chi connectivity index (χ0v) is 14.2. The number of carbonyl (C=O) groups excluding carboxylic acids is 1. The summed E-state index contributed by atoms with van der Waals surface area (Å²) in [5.74, 6) is 0.279. The second kappa shape index (κ2) is 7.43. The molecule has 1 aromatic carbocycles. The van der Waals surface area contributed by atoms with Gasteiger partial charge in [0.1, 0.15) is 11.0 Å². The van der Waals surface area contributed by atoms with Crippen molar-refractivity contribution in [2.75, 3.05) is 5.75 Å². The molecule has 0 aliphatic carbocycles. The Morgan fingerprint density at radius 2 is 2.13 bits per heavy atom. The standard InChI is InChI=1S/C16H16N4OS2/c1-20-9-7-18-16(20)23-11-13(21)19-14(15-17-8-10-22-15)12-5-3-2-4-6-12/h2-10,14H,11H2,1H3,(H,19,21). The molecule has 0 spiro atoms. The molecule has 0 aliphatic rings. The highest BCUT2D eigenvalue weighted by atomic mass is 32.2. The van der Waals surface area contributed by atoms with Gasteiger partial charge in [0.2, 0.25) is 5.91 Å². The molecule has 23 heavy (non-hydrogen) atoms. The van der Waals surface area contributed by atoms with Gasteiger partial charge in [0, 0.05) is 31.0 Å². The van der Waals surface area contributed by atoms with Crippen LogP contribution >= 0.6 is 23.1 Å². The van der Waals surface area contributed by atoms with E-state index >= 15 is 0 Å². The van der Waals surface area contributed by atoms with E-state index in [1.165, 1.54) is 23.1 Å². The van der Waals surface area contributed by atoms with Crippen LogP contribution in [0.3, 0.4) is 0 Å². The van der Waals surface area contributed by atoms with Crippen molar-refractivity contribution in [1.29, 1.82) is 0 Å². The van der Waals surface area contributed by atoms with Crippen LogP contribution in [0.1, 0.15) is 16.6 Å². The minimum absolute atomic E-state index is 0.0398. The van der Waals surface area contributed by atoms with Crippen molar-refractivity contribution in [3.8, 4) is 0 Å². The highest BCUT2D eigenvalue weighted by Gasteiger charge is 2.19. The number of aryl methyl sites for hydroxylation is 1. The predicted octanol–water partition coefficient (Wildman–Crippen LogP) is 2.87. The Balaban J connectivity index is 1.69. The fourth-order valence-corrected chi connectivity index (χ4v) is 3.59. The van der Waals surface area contributed by atoms with Gasteiger partial charge in [-0.2, -0.15) is 0 Å². The molecule has 1 N–H and O–H groups in total. The van der Waals surface area contributed by atoms with Gasteiger partial charge in [0.25, 0.3) is 0 Å². The van der Waals surface area contributed by atoms with Crippen LogP contribution in [0.2, 0.25) is 0 Å². The maximum absolute atomic E-state index is 12.3. The molecule has 0 saturated carbocycles. The highest BCUT2D eigenvalue weighted by Crippen LogP contribution is 2.24. The van der Waals surface area contributed by atoms with Crippen LogP contribution in [0.5, 0.6) is 0 Å². The Bertz CT molecular complexity index is 756. The molecule has 5 nitrogen and oxygen atoms in total. The third kappa shape index (κ3) is 4.00. The molecule has 0 saturated heterocycles. The first-order chi connectivity index (χ1) is 11.2. The number of nitrogens with one attached hydrogen (secondary N) is 1. The van der Waals surface area contributed by atoms with Gasteiger partial charge in [0.05, 0.1) is 5.75 Å². The quantitative estimate of drug-likeness (QED) is 0.699. The van der Waals surface area contributed by atoms with Crippen LogP contribution in [0.15, 0.2) is 59.5 Å². The van der Waals surface area contributed by atoms with Crippen molar-refractivity contribution in [2.45, 2.75) is 11.2 Å². The predicted molar refractivity (Wildman–Crippen MR) is 92.5 cm³/mol. The Morgan fingerprint density at radius 3 is 2.78 bits per heavy atom. The molecule has 118 valence electrons. The van der Waals surface area contributed by atoms with Crippen LogP contribution in [-0.4, -0.2) is 26.2 Å². The number of imidazole rings is 1. The first kappa shape index (κ1) is 15.8. The summed E-state index contributed by atoms with van der Waals surface area (Å²) in [5.41, 5.74) is 1.03. The molecule has 3 rings (SSSR count). The molecule has 0 aliphatic heterocycles. The molecule has 0 bridgehead atoms. The lowest BCUT2D eigenvalue weighted by atomic mass is 10.1. The van der Waals surface area contributed by atoms with E-state index in [4.69, 9.17) is 0 Å². The number of hydrogen-bond acceptors (Lipinski definition) is 5. The zero-order chi connectivity index (χ0) is 16.1. The normalized spacial score (nSPS) is 12.0. The minimum Gasteiger partial charge on any atom is -0.342 e. The lowest BCUT2D eigenvalue weighted by Crippen LogP contribution is -2.30.